The number of rotatable bonds is 9. The third kappa shape index (κ3) is 6.67. The highest BCUT2D eigenvalue weighted by Gasteiger charge is 2.10. The number of carbonyl (C=O) groups is 2. The lowest BCUT2D eigenvalue weighted by Gasteiger charge is -2.21. The van der Waals surface area contributed by atoms with Crippen molar-refractivity contribution in [2.45, 2.75) is 26.2 Å². The van der Waals surface area contributed by atoms with Crippen LogP contribution in [-0.4, -0.2) is 36.3 Å². The molecule has 0 saturated carbocycles. The Morgan fingerprint density at radius 2 is 1.69 bits per heavy atom. The fourth-order valence-electron chi connectivity index (χ4n) is 2.75. The lowest BCUT2D eigenvalue weighted by molar-refractivity contribution is -0.129. The van der Waals surface area contributed by atoms with Crippen molar-refractivity contribution in [1.82, 2.24) is 10.2 Å². The van der Waals surface area contributed by atoms with Crippen molar-refractivity contribution in [2.75, 3.05) is 19.6 Å². The number of nitrogens with zero attached hydrogens (tertiary/aromatic N) is 1. The van der Waals surface area contributed by atoms with Crippen LogP contribution in [-0.2, 0) is 22.4 Å². The van der Waals surface area contributed by atoms with E-state index in [2.05, 4.69) is 17.4 Å². The van der Waals surface area contributed by atoms with E-state index in [1.54, 1.807) is 23.1 Å². The predicted molar refractivity (Wildman–Crippen MR) is 100 cm³/mol. The first-order valence-electron chi connectivity index (χ1n) is 8.86. The monoisotopic (exact) mass is 356 g/mol. The second-order valence-electron chi connectivity index (χ2n) is 6.21. The topological polar surface area (TPSA) is 49.4 Å². The Morgan fingerprint density at radius 3 is 2.38 bits per heavy atom. The fraction of sp³-hybridized carbons (Fsp3) is 0.333. The molecule has 2 amide bonds. The van der Waals surface area contributed by atoms with Crippen LogP contribution in [0.15, 0.2) is 54.6 Å². The van der Waals surface area contributed by atoms with Crippen LogP contribution in [0.1, 0.15) is 24.5 Å². The van der Waals surface area contributed by atoms with Gasteiger partial charge in [-0.15, -0.1) is 0 Å². The number of hydrogen-bond acceptors (Lipinski definition) is 2. The number of halogens is 1. The number of nitrogens with one attached hydrogen (secondary N) is 1. The second-order valence-corrected chi connectivity index (χ2v) is 6.21. The van der Waals surface area contributed by atoms with Gasteiger partial charge in [0.15, 0.2) is 0 Å². The Hall–Kier alpha value is -2.69. The summed E-state index contributed by atoms with van der Waals surface area (Å²) in [6, 6.07) is 16.4. The number of aryl methyl sites for hydroxylation is 1. The minimum Gasteiger partial charge on any atom is -0.354 e. The number of carbonyl (C=O) groups excluding carboxylic acids is 2. The van der Waals surface area contributed by atoms with E-state index in [1.165, 1.54) is 18.6 Å². The zero-order chi connectivity index (χ0) is 18.8. The molecule has 2 aromatic rings. The Bertz CT molecular complexity index is 719. The SMILES string of the molecule is CC(=O)N(CCCc1ccccc1)CCNC(=O)Cc1ccccc1F. The van der Waals surface area contributed by atoms with Gasteiger partial charge in [-0.2, -0.15) is 0 Å². The van der Waals surface area contributed by atoms with Crippen LogP contribution >= 0.6 is 0 Å². The molecule has 138 valence electrons. The highest BCUT2D eigenvalue weighted by atomic mass is 19.1. The van der Waals surface area contributed by atoms with E-state index in [0.29, 0.717) is 25.2 Å². The minimum absolute atomic E-state index is 0.000746. The van der Waals surface area contributed by atoms with Gasteiger partial charge >= 0.3 is 0 Å². The smallest absolute Gasteiger partial charge is 0.224 e. The zero-order valence-electron chi connectivity index (χ0n) is 15.1. The molecule has 0 aliphatic carbocycles. The van der Waals surface area contributed by atoms with Crippen LogP contribution in [0, 0.1) is 5.82 Å². The van der Waals surface area contributed by atoms with Gasteiger partial charge in [0.25, 0.3) is 0 Å². The maximum Gasteiger partial charge on any atom is 0.224 e. The van der Waals surface area contributed by atoms with Crippen LogP contribution in [0.5, 0.6) is 0 Å². The largest absolute Gasteiger partial charge is 0.354 e. The van der Waals surface area contributed by atoms with Crippen molar-refractivity contribution in [3.63, 3.8) is 0 Å². The molecule has 0 fully saturated rings. The molecule has 5 heteroatoms. The van der Waals surface area contributed by atoms with Gasteiger partial charge in [0.2, 0.25) is 11.8 Å². The molecule has 4 nitrogen and oxygen atoms in total. The normalized spacial score (nSPS) is 10.4. The highest BCUT2D eigenvalue weighted by Crippen LogP contribution is 2.07. The number of amides is 2. The van der Waals surface area contributed by atoms with Crippen molar-refractivity contribution >= 4 is 11.8 Å². The highest BCUT2D eigenvalue weighted by molar-refractivity contribution is 5.78. The van der Waals surface area contributed by atoms with Crippen LogP contribution in [0.3, 0.4) is 0 Å². The molecular weight excluding hydrogens is 331 g/mol. The molecular formula is C21H25FN2O2. The molecule has 2 aromatic carbocycles. The maximum absolute atomic E-state index is 13.6. The van der Waals surface area contributed by atoms with Gasteiger partial charge < -0.3 is 10.2 Å². The van der Waals surface area contributed by atoms with E-state index in [9.17, 15) is 14.0 Å². The van der Waals surface area contributed by atoms with E-state index in [0.717, 1.165) is 12.8 Å². The quantitative estimate of drug-likeness (QED) is 0.751. The van der Waals surface area contributed by atoms with Crippen molar-refractivity contribution < 1.29 is 14.0 Å². The van der Waals surface area contributed by atoms with E-state index in [-0.39, 0.29) is 24.1 Å². The molecule has 0 atom stereocenters. The summed E-state index contributed by atoms with van der Waals surface area (Å²) in [5, 5.41) is 2.75. The molecule has 0 aromatic heterocycles. The molecule has 0 heterocycles. The third-order valence-electron chi connectivity index (χ3n) is 4.19. The van der Waals surface area contributed by atoms with Gasteiger partial charge in [0.1, 0.15) is 5.82 Å². The van der Waals surface area contributed by atoms with E-state index < -0.39 is 0 Å². The molecule has 0 unspecified atom stereocenters. The first-order chi connectivity index (χ1) is 12.6. The summed E-state index contributed by atoms with van der Waals surface area (Å²) >= 11 is 0. The van der Waals surface area contributed by atoms with Gasteiger partial charge in [0, 0.05) is 26.6 Å². The van der Waals surface area contributed by atoms with Gasteiger partial charge in [-0.25, -0.2) is 4.39 Å². The predicted octanol–water partition coefficient (Wildman–Crippen LogP) is 2.97. The third-order valence-corrected chi connectivity index (χ3v) is 4.19. The van der Waals surface area contributed by atoms with Crippen LogP contribution < -0.4 is 5.32 Å². The molecule has 0 spiro atoms. The van der Waals surface area contributed by atoms with E-state index in [4.69, 9.17) is 0 Å². The molecule has 0 radical (unpaired) electrons. The Morgan fingerprint density at radius 1 is 1.00 bits per heavy atom. The van der Waals surface area contributed by atoms with Gasteiger partial charge in [0.05, 0.1) is 6.42 Å². The van der Waals surface area contributed by atoms with Gasteiger partial charge in [-0.05, 0) is 30.0 Å². The summed E-state index contributed by atoms with van der Waals surface area (Å²) in [5.74, 6) is -0.641. The molecule has 1 N–H and O–H groups in total. The molecule has 2 rings (SSSR count). The fourth-order valence-corrected chi connectivity index (χ4v) is 2.75. The van der Waals surface area contributed by atoms with Crippen LogP contribution in [0.25, 0.3) is 0 Å². The Balaban J connectivity index is 1.71. The summed E-state index contributed by atoms with van der Waals surface area (Å²) in [7, 11) is 0. The van der Waals surface area contributed by atoms with Crippen molar-refractivity contribution in [1.29, 1.82) is 0 Å². The van der Waals surface area contributed by atoms with Crippen molar-refractivity contribution in [3.8, 4) is 0 Å². The minimum atomic E-state index is -0.381. The summed E-state index contributed by atoms with van der Waals surface area (Å²) in [4.78, 5) is 25.4. The van der Waals surface area contributed by atoms with Gasteiger partial charge in [-0.1, -0.05) is 48.5 Å². The molecule has 0 aliphatic heterocycles. The van der Waals surface area contributed by atoms with E-state index >= 15 is 0 Å². The average molecular weight is 356 g/mol. The summed E-state index contributed by atoms with van der Waals surface area (Å²) in [6.07, 6.45) is 1.78. The summed E-state index contributed by atoms with van der Waals surface area (Å²) in [5.41, 5.74) is 1.62. The lowest BCUT2D eigenvalue weighted by atomic mass is 10.1. The number of benzene rings is 2. The van der Waals surface area contributed by atoms with E-state index in [1.807, 2.05) is 18.2 Å². The second kappa shape index (κ2) is 10.3. The Kier molecular flexibility index (Phi) is 7.80. The first-order valence-corrected chi connectivity index (χ1v) is 8.86. The van der Waals surface area contributed by atoms with Crippen LogP contribution in [0.4, 0.5) is 4.39 Å². The first kappa shape index (κ1) is 19.6. The zero-order valence-corrected chi connectivity index (χ0v) is 15.1. The summed E-state index contributed by atoms with van der Waals surface area (Å²) in [6.45, 7) is 2.99. The standard InChI is InChI=1S/C21H25FN2O2/c1-17(25)24(14-7-10-18-8-3-2-4-9-18)15-13-23-21(26)16-19-11-5-6-12-20(19)22/h2-6,8-9,11-12H,7,10,13-16H2,1H3,(H,23,26). The lowest BCUT2D eigenvalue weighted by Crippen LogP contribution is -2.38. The number of hydrogen-bond donors (Lipinski definition) is 1. The summed E-state index contributed by atoms with van der Waals surface area (Å²) < 4.78 is 13.6. The average Bonchev–Trinajstić information content (AvgIpc) is 2.63. The molecule has 0 bridgehead atoms. The van der Waals surface area contributed by atoms with Crippen LogP contribution in [0.2, 0.25) is 0 Å². The molecule has 26 heavy (non-hydrogen) atoms. The van der Waals surface area contributed by atoms with Crippen molar-refractivity contribution in [2.24, 2.45) is 0 Å². The van der Waals surface area contributed by atoms with Gasteiger partial charge in [-0.3, -0.25) is 9.59 Å². The molecule has 0 aliphatic rings. The Labute approximate surface area is 154 Å². The maximum atomic E-state index is 13.6. The van der Waals surface area contributed by atoms with Crippen molar-refractivity contribution in [3.05, 3.63) is 71.5 Å². The molecule has 0 saturated heterocycles.